The maximum atomic E-state index is 12.6. The van der Waals surface area contributed by atoms with Gasteiger partial charge in [0.25, 0.3) is 0 Å². The number of amides is 2. The van der Waals surface area contributed by atoms with Gasteiger partial charge in [-0.1, -0.05) is 0 Å². The fourth-order valence-corrected chi connectivity index (χ4v) is 22.4. The summed E-state index contributed by atoms with van der Waals surface area (Å²) in [6, 6.07) is 11.2. The summed E-state index contributed by atoms with van der Waals surface area (Å²) in [5.74, 6) is -0.358. The molecule has 4 rings (SSSR count). The van der Waals surface area contributed by atoms with Gasteiger partial charge in [0.15, 0.2) is 0 Å². The number of thiophene rings is 1. The average Bonchev–Trinajstić information content (AvgIpc) is 3.27. The van der Waals surface area contributed by atoms with E-state index in [1.54, 1.807) is 22.0 Å². The third-order valence-electron chi connectivity index (χ3n) is 7.32. The zero-order valence-electron chi connectivity index (χ0n) is 19.9. The Balaban J connectivity index is 1.86. The average molecular weight is 556 g/mol. The minimum absolute atomic E-state index is 0.176. The fourth-order valence-electron chi connectivity index (χ4n) is 5.31. The molecular weight excluding hydrogens is 521 g/mol. The predicted octanol–water partition coefficient (Wildman–Crippen LogP) is 7.34. The second-order valence-electron chi connectivity index (χ2n) is 9.47. The number of imide groups is 1. The van der Waals surface area contributed by atoms with Crippen LogP contribution in [0.15, 0.2) is 30.3 Å². The Bertz CT molecular complexity index is 1140. The van der Waals surface area contributed by atoms with E-state index in [0.717, 1.165) is 10.1 Å². The van der Waals surface area contributed by atoms with Gasteiger partial charge >= 0.3 is 201 Å². The number of hydrogen-bond donors (Lipinski definition) is 0. The van der Waals surface area contributed by atoms with E-state index in [0.29, 0.717) is 11.1 Å². The standard InChI is InChI=1S/C15H8NO2S.3C4H9.Sn/c1-16-14(17)10-6-9-8-4-2-3-5-12(8)19-13(9)7-11(10)15(16)18;3*1-3-4-2;/h3-7H,1H3;3*1,3-4H2,2H3;. The molecule has 1 aliphatic rings. The first kappa shape index (κ1) is 23.7. The van der Waals surface area contributed by atoms with Crippen molar-refractivity contribution < 1.29 is 9.59 Å². The summed E-state index contributed by atoms with van der Waals surface area (Å²) in [4.78, 5) is 26.3. The molecule has 0 unspecified atom stereocenters. The van der Waals surface area contributed by atoms with E-state index in [9.17, 15) is 9.59 Å². The fraction of sp³-hybridized carbons (Fsp3) is 0.481. The number of unbranched alkanes of at least 4 members (excludes halogenated alkanes) is 3. The summed E-state index contributed by atoms with van der Waals surface area (Å²) in [6.45, 7) is 6.96. The third-order valence-corrected chi connectivity index (χ3v) is 24.1. The van der Waals surface area contributed by atoms with Crippen LogP contribution in [-0.4, -0.2) is 42.1 Å². The van der Waals surface area contributed by atoms with Crippen molar-refractivity contribution >= 4 is 65.3 Å². The number of carbonyl (C=O) groups excluding carboxylic acids is 2. The molecule has 0 radical (unpaired) electrons. The van der Waals surface area contributed by atoms with Gasteiger partial charge in [-0.3, -0.25) is 0 Å². The molecule has 2 aromatic carbocycles. The Morgan fingerprint density at radius 3 is 1.84 bits per heavy atom. The van der Waals surface area contributed by atoms with Crippen LogP contribution in [0.2, 0.25) is 13.3 Å². The van der Waals surface area contributed by atoms with E-state index in [1.165, 1.54) is 66.8 Å². The summed E-state index contributed by atoms with van der Waals surface area (Å²) in [6.07, 6.45) is 7.87. The molecule has 1 aromatic heterocycles. The van der Waals surface area contributed by atoms with Crippen LogP contribution in [0.25, 0.3) is 20.2 Å². The number of nitrogens with zero attached hydrogens (tertiary/aromatic N) is 1. The van der Waals surface area contributed by atoms with Crippen LogP contribution in [-0.2, 0) is 0 Å². The molecule has 0 fully saturated rings. The van der Waals surface area contributed by atoms with Crippen LogP contribution >= 0.6 is 11.3 Å². The SMILES string of the molecule is CCC[CH2][Sn]([CH2]CCC)([CH2]CCC)[c]1ccc2sc3cc4c(cc3c2c1)C(=O)N(C)C4=O. The van der Waals surface area contributed by atoms with Crippen molar-refractivity contribution in [1.29, 1.82) is 0 Å². The van der Waals surface area contributed by atoms with Gasteiger partial charge in [0, 0.05) is 0 Å². The number of hydrogen-bond acceptors (Lipinski definition) is 3. The molecule has 170 valence electrons. The molecule has 0 saturated carbocycles. The second kappa shape index (κ2) is 9.84. The molecule has 2 amide bonds. The number of fused-ring (bicyclic) bond motifs is 4. The monoisotopic (exact) mass is 557 g/mol. The molecule has 0 atom stereocenters. The Morgan fingerprint density at radius 2 is 1.28 bits per heavy atom. The molecule has 3 nitrogen and oxygen atoms in total. The molecule has 0 bridgehead atoms. The van der Waals surface area contributed by atoms with Crippen molar-refractivity contribution in [3.05, 3.63) is 41.5 Å². The Labute approximate surface area is 200 Å². The number of benzene rings is 2. The molecular formula is C27H35NO2SSn. The maximum absolute atomic E-state index is 12.6. The number of carbonyl (C=O) groups is 2. The summed E-state index contributed by atoms with van der Waals surface area (Å²) >= 11 is -0.780. The normalized spacial score (nSPS) is 14.2. The van der Waals surface area contributed by atoms with Gasteiger partial charge in [-0.05, 0) is 0 Å². The van der Waals surface area contributed by atoms with Crippen LogP contribution in [0.1, 0.15) is 80.0 Å². The molecule has 0 N–H and O–H groups in total. The quantitative estimate of drug-likeness (QED) is 0.194. The van der Waals surface area contributed by atoms with Crippen molar-refractivity contribution in [1.82, 2.24) is 4.90 Å². The molecule has 5 heteroatoms. The topological polar surface area (TPSA) is 37.4 Å². The van der Waals surface area contributed by atoms with Gasteiger partial charge in [-0.15, -0.1) is 0 Å². The van der Waals surface area contributed by atoms with Crippen LogP contribution < -0.4 is 3.58 Å². The molecule has 3 aromatic rings. The zero-order chi connectivity index (χ0) is 22.9. The van der Waals surface area contributed by atoms with E-state index in [2.05, 4.69) is 39.0 Å². The van der Waals surface area contributed by atoms with E-state index in [-0.39, 0.29) is 11.8 Å². The van der Waals surface area contributed by atoms with Crippen LogP contribution in [0.4, 0.5) is 0 Å². The van der Waals surface area contributed by atoms with Gasteiger partial charge in [0.2, 0.25) is 0 Å². The summed E-state index contributed by atoms with van der Waals surface area (Å²) in [5.41, 5.74) is 1.12. The Hall–Kier alpha value is -1.40. The van der Waals surface area contributed by atoms with Gasteiger partial charge < -0.3 is 0 Å². The van der Waals surface area contributed by atoms with Crippen molar-refractivity contribution in [2.24, 2.45) is 0 Å². The van der Waals surface area contributed by atoms with Crippen molar-refractivity contribution in [2.75, 3.05) is 7.05 Å². The molecule has 1 aliphatic heterocycles. The molecule has 0 aliphatic carbocycles. The Kier molecular flexibility index (Phi) is 7.30. The first-order chi connectivity index (χ1) is 15.5. The van der Waals surface area contributed by atoms with E-state index < -0.39 is 18.4 Å². The van der Waals surface area contributed by atoms with Crippen molar-refractivity contribution in [2.45, 2.75) is 72.6 Å². The predicted molar refractivity (Wildman–Crippen MR) is 140 cm³/mol. The van der Waals surface area contributed by atoms with Crippen molar-refractivity contribution in [3.8, 4) is 0 Å². The second-order valence-corrected chi connectivity index (χ2v) is 23.8. The molecule has 2 heterocycles. The third kappa shape index (κ3) is 4.13. The van der Waals surface area contributed by atoms with E-state index in [4.69, 9.17) is 0 Å². The van der Waals surface area contributed by atoms with Gasteiger partial charge in [-0.2, -0.15) is 0 Å². The molecule has 0 spiro atoms. The van der Waals surface area contributed by atoms with Gasteiger partial charge in [0.1, 0.15) is 0 Å². The minimum atomic E-state index is -2.53. The van der Waals surface area contributed by atoms with Gasteiger partial charge in [0.05, 0.1) is 0 Å². The van der Waals surface area contributed by atoms with Crippen molar-refractivity contribution in [3.63, 3.8) is 0 Å². The summed E-state index contributed by atoms with van der Waals surface area (Å²) in [5, 5.41) is 2.43. The first-order valence-electron chi connectivity index (χ1n) is 12.3. The first-order valence-corrected chi connectivity index (χ1v) is 20.6. The summed E-state index contributed by atoms with van der Waals surface area (Å²) in [7, 11) is 1.58. The van der Waals surface area contributed by atoms with Crippen LogP contribution in [0.3, 0.4) is 0 Å². The van der Waals surface area contributed by atoms with E-state index in [1.807, 2.05) is 12.1 Å². The van der Waals surface area contributed by atoms with Crippen LogP contribution in [0.5, 0.6) is 0 Å². The summed E-state index contributed by atoms with van der Waals surface area (Å²) < 4.78 is 8.40. The zero-order valence-corrected chi connectivity index (χ0v) is 23.6. The molecule has 32 heavy (non-hydrogen) atoms. The Morgan fingerprint density at radius 1 is 0.750 bits per heavy atom. The molecule has 0 saturated heterocycles. The number of rotatable bonds is 10. The van der Waals surface area contributed by atoms with E-state index >= 15 is 0 Å². The van der Waals surface area contributed by atoms with Gasteiger partial charge in [-0.25, -0.2) is 0 Å². The van der Waals surface area contributed by atoms with Crippen LogP contribution in [0, 0.1) is 0 Å².